The van der Waals surface area contributed by atoms with Crippen molar-refractivity contribution >= 4 is 12.9 Å². The Bertz CT molecular complexity index is 795. The lowest BCUT2D eigenvalue weighted by Gasteiger charge is -2.23. The summed E-state index contributed by atoms with van der Waals surface area (Å²) in [5, 5.41) is 0.609. The second kappa shape index (κ2) is 6.94. The van der Waals surface area contributed by atoms with E-state index in [-0.39, 0.29) is 0 Å². The zero-order valence-electron chi connectivity index (χ0n) is 13.7. The molecule has 3 rings (SSSR count). The summed E-state index contributed by atoms with van der Waals surface area (Å²) in [5.41, 5.74) is 1.76. The molecule has 122 valence electrons. The summed E-state index contributed by atoms with van der Waals surface area (Å²) in [6.45, 7) is 3.83. The minimum atomic E-state index is -3.59. The number of rotatable bonds is 5. The third-order valence-corrected chi connectivity index (χ3v) is 5.81. The predicted octanol–water partition coefficient (Wildman–Crippen LogP) is 5.28. The van der Waals surface area contributed by atoms with Crippen molar-refractivity contribution in [3.05, 3.63) is 90.0 Å². The van der Waals surface area contributed by atoms with Gasteiger partial charge < -0.3 is 9.05 Å². The third-order valence-electron chi connectivity index (χ3n) is 3.65. The van der Waals surface area contributed by atoms with Crippen molar-refractivity contribution in [1.82, 2.24) is 0 Å². The van der Waals surface area contributed by atoms with Crippen molar-refractivity contribution in [3.63, 3.8) is 0 Å². The number of aryl methyl sites for hydroxylation is 2. The van der Waals surface area contributed by atoms with Gasteiger partial charge in [-0.3, -0.25) is 0 Å². The van der Waals surface area contributed by atoms with E-state index in [2.05, 4.69) is 0 Å². The predicted molar refractivity (Wildman–Crippen MR) is 97.3 cm³/mol. The van der Waals surface area contributed by atoms with E-state index >= 15 is 0 Å². The summed E-state index contributed by atoms with van der Waals surface area (Å²) in [6, 6.07) is 24.0. The molecule has 0 aliphatic rings. The summed E-state index contributed by atoms with van der Waals surface area (Å²) in [5.74, 6) is 1.03. The summed E-state index contributed by atoms with van der Waals surface area (Å²) in [7, 11) is -3.59. The highest BCUT2D eigenvalue weighted by atomic mass is 31.2. The Balaban J connectivity index is 2.08. The van der Waals surface area contributed by atoms with Gasteiger partial charge in [0.15, 0.2) is 0 Å². The molecule has 0 aliphatic heterocycles. The molecule has 0 amide bonds. The van der Waals surface area contributed by atoms with Gasteiger partial charge in [0.2, 0.25) is 0 Å². The third kappa shape index (κ3) is 3.52. The van der Waals surface area contributed by atoms with Gasteiger partial charge in [-0.2, -0.15) is 0 Å². The molecule has 0 aliphatic carbocycles. The van der Waals surface area contributed by atoms with E-state index in [9.17, 15) is 4.57 Å². The maximum absolute atomic E-state index is 13.8. The van der Waals surface area contributed by atoms with Crippen molar-refractivity contribution < 1.29 is 13.6 Å². The Morgan fingerprint density at radius 2 is 1.04 bits per heavy atom. The zero-order valence-corrected chi connectivity index (χ0v) is 14.6. The van der Waals surface area contributed by atoms with Gasteiger partial charge in [-0.05, 0) is 49.2 Å². The van der Waals surface area contributed by atoms with Crippen LogP contribution in [0.25, 0.3) is 0 Å². The maximum atomic E-state index is 13.8. The van der Waals surface area contributed by atoms with Crippen LogP contribution in [0.2, 0.25) is 0 Å². The van der Waals surface area contributed by atoms with E-state index in [1.54, 1.807) is 24.3 Å². The fraction of sp³-hybridized carbons (Fsp3) is 0.100. The standard InChI is InChI=1S/C20H19O3P/c1-16-10-9-11-17(2)20(16)24(21,22-18-12-5-3-6-13-18)23-19-14-7-4-8-15-19/h3-15H,1-2H3. The lowest BCUT2D eigenvalue weighted by atomic mass is 10.2. The van der Waals surface area contributed by atoms with Crippen LogP contribution in [0.15, 0.2) is 78.9 Å². The van der Waals surface area contributed by atoms with Crippen LogP contribution in [0.1, 0.15) is 11.1 Å². The lowest BCUT2D eigenvalue weighted by molar-refractivity contribution is 0.399. The van der Waals surface area contributed by atoms with Crippen LogP contribution >= 0.6 is 7.60 Å². The molecule has 3 aromatic rings. The van der Waals surface area contributed by atoms with Crippen LogP contribution in [-0.4, -0.2) is 0 Å². The molecular weight excluding hydrogens is 319 g/mol. The topological polar surface area (TPSA) is 35.5 Å². The number of para-hydroxylation sites is 2. The van der Waals surface area contributed by atoms with Gasteiger partial charge in [-0.15, -0.1) is 0 Å². The molecule has 0 saturated carbocycles. The molecule has 3 aromatic carbocycles. The fourth-order valence-electron chi connectivity index (χ4n) is 2.59. The van der Waals surface area contributed by atoms with Gasteiger partial charge in [0, 0.05) is 0 Å². The highest BCUT2D eigenvalue weighted by Gasteiger charge is 2.34. The van der Waals surface area contributed by atoms with E-state index in [4.69, 9.17) is 9.05 Å². The summed E-state index contributed by atoms with van der Waals surface area (Å²) in [4.78, 5) is 0. The molecule has 0 bridgehead atoms. The average molecular weight is 338 g/mol. The highest BCUT2D eigenvalue weighted by molar-refractivity contribution is 7.63. The van der Waals surface area contributed by atoms with E-state index in [0.717, 1.165) is 11.1 Å². The van der Waals surface area contributed by atoms with E-state index in [1.807, 2.05) is 68.4 Å². The molecule has 0 atom stereocenters. The van der Waals surface area contributed by atoms with Crippen LogP contribution in [0.3, 0.4) is 0 Å². The highest BCUT2D eigenvalue weighted by Crippen LogP contribution is 2.49. The summed E-state index contributed by atoms with van der Waals surface area (Å²) < 4.78 is 25.5. The Morgan fingerprint density at radius 1 is 0.625 bits per heavy atom. The SMILES string of the molecule is Cc1cccc(C)c1P(=O)(Oc1ccccc1)Oc1ccccc1. The molecule has 0 N–H and O–H groups in total. The zero-order chi connectivity index (χ0) is 17.0. The molecule has 0 unspecified atom stereocenters. The van der Waals surface area contributed by atoms with Crippen molar-refractivity contribution in [2.75, 3.05) is 0 Å². The molecule has 0 radical (unpaired) electrons. The molecule has 0 aromatic heterocycles. The minimum Gasteiger partial charge on any atom is -0.413 e. The van der Waals surface area contributed by atoms with Gasteiger partial charge in [0.1, 0.15) is 11.5 Å². The fourth-order valence-corrected chi connectivity index (χ4v) is 4.62. The molecule has 4 heteroatoms. The summed E-state index contributed by atoms with van der Waals surface area (Å²) in [6.07, 6.45) is 0. The Kier molecular flexibility index (Phi) is 4.73. The lowest BCUT2D eigenvalue weighted by Crippen LogP contribution is -2.20. The van der Waals surface area contributed by atoms with Crippen molar-refractivity contribution in [1.29, 1.82) is 0 Å². The van der Waals surface area contributed by atoms with E-state index in [1.165, 1.54) is 0 Å². The van der Waals surface area contributed by atoms with Crippen LogP contribution < -0.4 is 14.4 Å². The van der Waals surface area contributed by atoms with Crippen LogP contribution in [-0.2, 0) is 4.57 Å². The molecular formula is C20H19O3P. The summed E-state index contributed by atoms with van der Waals surface area (Å²) >= 11 is 0. The Hall–Kier alpha value is -2.51. The number of hydrogen-bond donors (Lipinski definition) is 0. The first kappa shape index (κ1) is 16.4. The second-order valence-corrected chi connectivity index (χ2v) is 7.35. The van der Waals surface area contributed by atoms with Gasteiger partial charge >= 0.3 is 7.60 Å². The molecule has 0 fully saturated rings. The number of hydrogen-bond acceptors (Lipinski definition) is 3. The first-order valence-corrected chi connectivity index (χ1v) is 9.29. The van der Waals surface area contributed by atoms with Gasteiger partial charge in [0.05, 0.1) is 5.30 Å². The van der Waals surface area contributed by atoms with Crippen LogP contribution in [0.5, 0.6) is 11.5 Å². The molecule has 24 heavy (non-hydrogen) atoms. The number of benzene rings is 3. The van der Waals surface area contributed by atoms with Gasteiger partial charge in [-0.1, -0.05) is 54.6 Å². The average Bonchev–Trinajstić information content (AvgIpc) is 2.56. The van der Waals surface area contributed by atoms with Crippen molar-refractivity contribution in [2.45, 2.75) is 13.8 Å². The molecule has 0 spiro atoms. The normalized spacial score (nSPS) is 11.1. The van der Waals surface area contributed by atoms with Crippen molar-refractivity contribution in [3.8, 4) is 11.5 Å². The molecule has 3 nitrogen and oxygen atoms in total. The smallest absolute Gasteiger partial charge is 0.413 e. The van der Waals surface area contributed by atoms with Crippen molar-refractivity contribution in [2.24, 2.45) is 0 Å². The minimum absolute atomic E-state index is 0.513. The first-order valence-electron chi connectivity index (χ1n) is 7.74. The van der Waals surface area contributed by atoms with E-state index in [0.29, 0.717) is 16.8 Å². The monoisotopic (exact) mass is 338 g/mol. The molecule has 0 heterocycles. The molecule has 0 saturated heterocycles. The second-order valence-electron chi connectivity index (χ2n) is 5.55. The van der Waals surface area contributed by atoms with Crippen LogP contribution in [0, 0.1) is 13.8 Å². The van der Waals surface area contributed by atoms with Gasteiger partial charge in [0.25, 0.3) is 0 Å². The quantitative estimate of drug-likeness (QED) is 0.594. The largest absolute Gasteiger partial charge is 0.463 e. The van der Waals surface area contributed by atoms with Gasteiger partial charge in [-0.25, -0.2) is 4.57 Å². The Labute approximate surface area is 142 Å². The first-order chi connectivity index (χ1) is 11.6. The van der Waals surface area contributed by atoms with Crippen LogP contribution in [0.4, 0.5) is 0 Å². The van der Waals surface area contributed by atoms with E-state index < -0.39 is 7.60 Å². The maximum Gasteiger partial charge on any atom is 0.463 e. The Morgan fingerprint density at radius 3 is 1.46 bits per heavy atom.